The third-order valence-electron chi connectivity index (χ3n) is 5.70. The van der Waals surface area contributed by atoms with Gasteiger partial charge in [-0.3, -0.25) is 10.1 Å². The predicted octanol–water partition coefficient (Wildman–Crippen LogP) is 5.57. The highest BCUT2D eigenvalue weighted by atomic mass is 16.6. The van der Waals surface area contributed by atoms with Crippen molar-refractivity contribution < 1.29 is 4.92 Å². The molecule has 2 aliphatic rings. The first-order valence-corrected chi connectivity index (χ1v) is 8.91. The highest BCUT2D eigenvalue weighted by Gasteiger charge is 2.39. The van der Waals surface area contributed by atoms with Gasteiger partial charge in [0.2, 0.25) is 0 Å². The van der Waals surface area contributed by atoms with Gasteiger partial charge < -0.3 is 5.32 Å². The van der Waals surface area contributed by atoms with Crippen LogP contribution in [0.3, 0.4) is 0 Å². The Kier molecular flexibility index (Phi) is 3.32. The number of benzene rings is 3. The zero-order valence-corrected chi connectivity index (χ0v) is 14.1. The molecular formula is C22H18N2O2. The molecule has 1 heterocycles. The normalized spacial score (nSPS) is 23.3. The lowest BCUT2D eigenvalue weighted by atomic mass is 9.75. The molecule has 3 aromatic rings. The summed E-state index contributed by atoms with van der Waals surface area (Å²) in [5.74, 6) is 0.705. The Bertz CT molecular complexity index is 1060. The number of non-ortho nitro benzene ring substituents is 1. The van der Waals surface area contributed by atoms with Gasteiger partial charge in [0.25, 0.3) is 5.69 Å². The first kappa shape index (κ1) is 15.1. The SMILES string of the molecule is O=[N+]([O-])c1cccc([C@@H]2Nc3ccc4ccccc4c3[C@H]3C=CC[C@@H]32)c1. The molecule has 0 unspecified atom stereocenters. The van der Waals surface area contributed by atoms with Crippen molar-refractivity contribution in [1.29, 1.82) is 0 Å². The molecule has 3 aromatic carbocycles. The number of nitrogens with zero attached hydrogens (tertiary/aromatic N) is 1. The van der Waals surface area contributed by atoms with Crippen LogP contribution in [0.25, 0.3) is 10.8 Å². The molecule has 1 N–H and O–H groups in total. The Morgan fingerprint density at radius 2 is 1.92 bits per heavy atom. The number of nitrogens with one attached hydrogen (secondary N) is 1. The smallest absolute Gasteiger partial charge is 0.269 e. The van der Waals surface area contributed by atoms with Crippen LogP contribution in [-0.2, 0) is 0 Å². The topological polar surface area (TPSA) is 55.2 Å². The molecule has 128 valence electrons. The minimum Gasteiger partial charge on any atom is -0.378 e. The number of nitro benzene ring substituents is 1. The molecule has 3 atom stereocenters. The van der Waals surface area contributed by atoms with Crippen molar-refractivity contribution in [2.24, 2.45) is 5.92 Å². The molecule has 0 amide bonds. The molecular weight excluding hydrogens is 324 g/mol. The minimum atomic E-state index is -0.321. The zero-order chi connectivity index (χ0) is 17.7. The molecule has 5 rings (SSSR count). The number of hydrogen-bond acceptors (Lipinski definition) is 3. The van der Waals surface area contributed by atoms with Gasteiger partial charge in [0.15, 0.2) is 0 Å². The fourth-order valence-corrected chi connectivity index (χ4v) is 4.54. The van der Waals surface area contributed by atoms with Gasteiger partial charge in [-0.15, -0.1) is 0 Å². The zero-order valence-electron chi connectivity index (χ0n) is 14.1. The van der Waals surface area contributed by atoms with E-state index in [2.05, 4.69) is 53.9 Å². The minimum absolute atomic E-state index is 0.0727. The second-order valence-corrected chi connectivity index (χ2v) is 7.08. The van der Waals surface area contributed by atoms with E-state index in [0.717, 1.165) is 17.7 Å². The molecule has 0 bridgehead atoms. The van der Waals surface area contributed by atoms with E-state index >= 15 is 0 Å². The molecule has 4 heteroatoms. The number of fused-ring (bicyclic) bond motifs is 5. The quantitative estimate of drug-likeness (QED) is 0.376. The van der Waals surface area contributed by atoms with Crippen LogP contribution >= 0.6 is 0 Å². The summed E-state index contributed by atoms with van der Waals surface area (Å²) < 4.78 is 0. The highest BCUT2D eigenvalue weighted by molar-refractivity contribution is 5.91. The van der Waals surface area contributed by atoms with Crippen molar-refractivity contribution >= 4 is 22.1 Å². The molecule has 1 aliphatic heterocycles. The largest absolute Gasteiger partial charge is 0.378 e. The highest BCUT2D eigenvalue weighted by Crippen LogP contribution is 2.51. The van der Waals surface area contributed by atoms with Crippen molar-refractivity contribution in [1.82, 2.24) is 0 Å². The fraction of sp³-hybridized carbons (Fsp3) is 0.182. The predicted molar refractivity (Wildman–Crippen MR) is 103 cm³/mol. The number of nitro groups is 1. The first-order valence-electron chi connectivity index (χ1n) is 8.91. The lowest BCUT2D eigenvalue weighted by Crippen LogP contribution is -2.29. The summed E-state index contributed by atoms with van der Waals surface area (Å²) in [7, 11) is 0. The third kappa shape index (κ3) is 2.22. The Morgan fingerprint density at radius 1 is 1.04 bits per heavy atom. The summed E-state index contributed by atoms with van der Waals surface area (Å²) in [4.78, 5) is 10.9. The van der Waals surface area contributed by atoms with Gasteiger partial charge in [0, 0.05) is 23.7 Å². The van der Waals surface area contributed by atoms with Crippen LogP contribution in [0.5, 0.6) is 0 Å². The van der Waals surface area contributed by atoms with Crippen LogP contribution in [0.2, 0.25) is 0 Å². The average Bonchev–Trinajstić information content (AvgIpc) is 3.16. The lowest BCUT2D eigenvalue weighted by Gasteiger charge is -2.38. The van der Waals surface area contributed by atoms with Crippen molar-refractivity contribution in [2.75, 3.05) is 5.32 Å². The summed E-state index contributed by atoms with van der Waals surface area (Å²) in [6.07, 6.45) is 5.53. The molecule has 4 nitrogen and oxygen atoms in total. The Hall–Kier alpha value is -3.14. The number of anilines is 1. The van der Waals surface area contributed by atoms with E-state index in [4.69, 9.17) is 0 Å². The molecule has 1 aliphatic carbocycles. The van der Waals surface area contributed by atoms with Gasteiger partial charge in [0.1, 0.15) is 0 Å². The second-order valence-electron chi connectivity index (χ2n) is 7.08. The van der Waals surface area contributed by atoms with Crippen molar-refractivity contribution in [3.8, 4) is 0 Å². The maximum Gasteiger partial charge on any atom is 0.269 e. The van der Waals surface area contributed by atoms with Crippen LogP contribution in [0.4, 0.5) is 11.4 Å². The van der Waals surface area contributed by atoms with Crippen molar-refractivity contribution in [3.63, 3.8) is 0 Å². The summed E-state index contributed by atoms with van der Waals surface area (Å²) in [5.41, 5.74) is 3.62. The molecule has 0 saturated heterocycles. The standard InChI is InChI=1S/C22H18N2O2/c25-24(26)16-7-3-6-15(13-16)22-19-10-4-9-18(19)21-17-8-2-1-5-14(17)11-12-20(21)23-22/h1-9,11-13,18-19,22-23H,10H2/t18-,19-,22-/m0/s1. The molecule has 0 aromatic heterocycles. The lowest BCUT2D eigenvalue weighted by molar-refractivity contribution is -0.384. The Morgan fingerprint density at radius 3 is 2.81 bits per heavy atom. The second kappa shape index (κ2) is 5.70. The molecule has 0 radical (unpaired) electrons. The van der Waals surface area contributed by atoms with E-state index in [9.17, 15) is 10.1 Å². The van der Waals surface area contributed by atoms with Gasteiger partial charge in [-0.25, -0.2) is 0 Å². The van der Waals surface area contributed by atoms with Gasteiger partial charge in [0.05, 0.1) is 11.0 Å². The number of hydrogen-bond donors (Lipinski definition) is 1. The van der Waals surface area contributed by atoms with Crippen LogP contribution in [0.1, 0.15) is 29.5 Å². The van der Waals surface area contributed by atoms with Crippen molar-refractivity contribution in [3.05, 3.63) is 94.1 Å². The van der Waals surface area contributed by atoms with E-state index in [1.165, 1.54) is 16.3 Å². The maximum absolute atomic E-state index is 11.2. The van der Waals surface area contributed by atoms with Crippen molar-refractivity contribution in [2.45, 2.75) is 18.4 Å². The van der Waals surface area contributed by atoms with E-state index in [-0.39, 0.29) is 16.7 Å². The summed E-state index contributed by atoms with van der Waals surface area (Å²) in [6, 6.07) is 19.9. The first-order chi connectivity index (χ1) is 12.7. The van der Waals surface area contributed by atoms with Crippen LogP contribution < -0.4 is 5.32 Å². The fourth-order valence-electron chi connectivity index (χ4n) is 4.54. The van der Waals surface area contributed by atoms with Crippen LogP contribution in [-0.4, -0.2) is 4.92 Å². The van der Waals surface area contributed by atoms with E-state index < -0.39 is 0 Å². The summed E-state index contributed by atoms with van der Waals surface area (Å²) >= 11 is 0. The third-order valence-corrected chi connectivity index (χ3v) is 5.70. The molecule has 26 heavy (non-hydrogen) atoms. The monoisotopic (exact) mass is 342 g/mol. The van der Waals surface area contributed by atoms with E-state index in [0.29, 0.717) is 11.8 Å². The molecule has 0 spiro atoms. The molecule has 0 fully saturated rings. The Labute approximate surface area is 151 Å². The van der Waals surface area contributed by atoms with Gasteiger partial charge >= 0.3 is 0 Å². The van der Waals surface area contributed by atoms with Gasteiger partial charge in [-0.1, -0.05) is 54.6 Å². The molecule has 0 saturated carbocycles. The summed E-state index contributed by atoms with van der Waals surface area (Å²) in [6.45, 7) is 0. The van der Waals surface area contributed by atoms with Crippen LogP contribution in [0, 0.1) is 16.0 Å². The van der Waals surface area contributed by atoms with Gasteiger partial charge in [-0.05, 0) is 40.3 Å². The Balaban J connectivity index is 1.65. The van der Waals surface area contributed by atoms with Gasteiger partial charge in [-0.2, -0.15) is 0 Å². The number of allylic oxidation sites excluding steroid dienone is 2. The van der Waals surface area contributed by atoms with E-state index in [1.54, 1.807) is 18.2 Å². The van der Waals surface area contributed by atoms with Crippen LogP contribution in [0.15, 0.2) is 72.8 Å². The summed E-state index contributed by atoms with van der Waals surface area (Å²) in [5, 5.41) is 17.4. The van der Waals surface area contributed by atoms with E-state index in [1.807, 2.05) is 6.07 Å². The number of rotatable bonds is 2. The average molecular weight is 342 g/mol. The maximum atomic E-state index is 11.2.